The van der Waals surface area contributed by atoms with E-state index in [9.17, 15) is 9.59 Å². The largest absolute Gasteiger partial charge is 0.330 e. The molecular formula is C26H27ClN2O2S. The van der Waals surface area contributed by atoms with E-state index in [0.29, 0.717) is 17.1 Å². The Hall–Kier alpha value is -2.63. The molecule has 0 saturated carbocycles. The number of nitrogens with zero attached hydrogens (tertiary/aromatic N) is 2. The lowest BCUT2D eigenvalue weighted by molar-refractivity contribution is -0.134. The summed E-state index contributed by atoms with van der Waals surface area (Å²) in [5.41, 5.74) is 3.89. The zero-order valence-electron chi connectivity index (χ0n) is 18.5. The summed E-state index contributed by atoms with van der Waals surface area (Å²) < 4.78 is 0. The van der Waals surface area contributed by atoms with Gasteiger partial charge in [0, 0.05) is 28.0 Å². The Morgan fingerprint density at radius 2 is 1.78 bits per heavy atom. The van der Waals surface area contributed by atoms with Crippen molar-refractivity contribution in [2.75, 3.05) is 13.1 Å². The Morgan fingerprint density at radius 1 is 1.09 bits per heavy atom. The molecule has 0 bridgehead atoms. The van der Waals surface area contributed by atoms with E-state index in [-0.39, 0.29) is 30.4 Å². The van der Waals surface area contributed by atoms with Gasteiger partial charge in [-0.25, -0.2) is 0 Å². The van der Waals surface area contributed by atoms with E-state index < -0.39 is 0 Å². The fraction of sp³-hybridized carbons (Fsp3) is 0.308. The van der Waals surface area contributed by atoms with Gasteiger partial charge >= 0.3 is 0 Å². The highest BCUT2D eigenvalue weighted by molar-refractivity contribution is 7.10. The number of rotatable bonds is 5. The summed E-state index contributed by atoms with van der Waals surface area (Å²) >= 11 is 7.85. The van der Waals surface area contributed by atoms with Crippen molar-refractivity contribution >= 4 is 34.8 Å². The molecule has 1 unspecified atom stereocenters. The standard InChI is InChI=1S/C26H27ClN2O2S/c1-17(2)29(26(31)20-6-4-18(3)5-7-20)16-24(30)28-14-12-23-22(13-15-32-23)25(28)19-8-10-21(27)11-9-19/h4-11,13,15,17,25H,12,14,16H2,1-3H3. The molecule has 1 aromatic heterocycles. The average Bonchev–Trinajstić information content (AvgIpc) is 3.26. The Bertz CT molecular complexity index is 1110. The van der Waals surface area contributed by atoms with E-state index in [4.69, 9.17) is 11.6 Å². The van der Waals surface area contributed by atoms with Crippen molar-refractivity contribution in [3.05, 3.63) is 92.1 Å². The van der Waals surface area contributed by atoms with Gasteiger partial charge in [0.1, 0.15) is 6.54 Å². The smallest absolute Gasteiger partial charge is 0.254 e. The van der Waals surface area contributed by atoms with Gasteiger partial charge in [0.15, 0.2) is 0 Å². The summed E-state index contributed by atoms with van der Waals surface area (Å²) in [4.78, 5) is 31.7. The minimum absolute atomic E-state index is 0.0454. The van der Waals surface area contributed by atoms with Crippen molar-refractivity contribution in [2.45, 2.75) is 39.3 Å². The molecule has 1 aliphatic rings. The van der Waals surface area contributed by atoms with E-state index in [1.165, 1.54) is 4.88 Å². The number of benzene rings is 2. The van der Waals surface area contributed by atoms with Crippen LogP contribution in [-0.4, -0.2) is 40.7 Å². The van der Waals surface area contributed by atoms with E-state index >= 15 is 0 Å². The first-order valence-electron chi connectivity index (χ1n) is 10.8. The van der Waals surface area contributed by atoms with Crippen LogP contribution < -0.4 is 0 Å². The third-order valence-corrected chi connectivity index (χ3v) is 7.21. The van der Waals surface area contributed by atoms with Crippen molar-refractivity contribution in [3.63, 3.8) is 0 Å². The summed E-state index contributed by atoms with van der Waals surface area (Å²) in [6.45, 7) is 6.56. The van der Waals surface area contributed by atoms with Crippen LogP contribution in [0.15, 0.2) is 60.0 Å². The number of carbonyl (C=O) groups is 2. The van der Waals surface area contributed by atoms with Crippen molar-refractivity contribution in [3.8, 4) is 0 Å². The summed E-state index contributed by atoms with van der Waals surface area (Å²) in [5.74, 6) is -0.166. The molecule has 0 fully saturated rings. The number of carbonyl (C=O) groups excluding carboxylic acids is 2. The molecule has 1 aliphatic heterocycles. The molecule has 4 nitrogen and oxygen atoms in total. The molecule has 2 heterocycles. The second-order valence-electron chi connectivity index (χ2n) is 8.48. The fourth-order valence-electron chi connectivity index (χ4n) is 4.18. The monoisotopic (exact) mass is 466 g/mol. The van der Waals surface area contributed by atoms with Crippen LogP contribution in [0.4, 0.5) is 0 Å². The zero-order chi connectivity index (χ0) is 22.8. The zero-order valence-corrected chi connectivity index (χ0v) is 20.1. The number of fused-ring (bicyclic) bond motifs is 1. The molecule has 3 aromatic rings. The summed E-state index contributed by atoms with van der Waals surface area (Å²) in [7, 11) is 0. The highest BCUT2D eigenvalue weighted by Crippen LogP contribution is 2.38. The number of amides is 2. The van der Waals surface area contributed by atoms with Gasteiger partial charge in [-0.1, -0.05) is 41.4 Å². The van der Waals surface area contributed by atoms with Crippen LogP contribution in [0.3, 0.4) is 0 Å². The van der Waals surface area contributed by atoms with Gasteiger partial charge in [-0.05, 0) is 74.0 Å². The van der Waals surface area contributed by atoms with Crippen molar-refractivity contribution in [1.82, 2.24) is 9.80 Å². The van der Waals surface area contributed by atoms with Gasteiger partial charge in [-0.2, -0.15) is 0 Å². The normalized spacial score (nSPS) is 15.5. The fourth-order valence-corrected chi connectivity index (χ4v) is 5.21. The first kappa shape index (κ1) is 22.6. The number of aryl methyl sites for hydroxylation is 1. The molecule has 0 spiro atoms. The van der Waals surface area contributed by atoms with Crippen LogP contribution in [-0.2, 0) is 11.2 Å². The van der Waals surface area contributed by atoms with Crippen LogP contribution in [0.2, 0.25) is 5.02 Å². The van der Waals surface area contributed by atoms with Crippen molar-refractivity contribution < 1.29 is 9.59 Å². The Labute approximate surface area is 198 Å². The molecular weight excluding hydrogens is 440 g/mol. The second-order valence-corrected chi connectivity index (χ2v) is 9.92. The quantitative estimate of drug-likeness (QED) is 0.481. The molecule has 0 radical (unpaired) electrons. The van der Waals surface area contributed by atoms with E-state index in [0.717, 1.165) is 23.1 Å². The SMILES string of the molecule is Cc1ccc(C(=O)N(CC(=O)N2CCc3sccc3C2c2ccc(Cl)cc2)C(C)C)cc1. The lowest BCUT2D eigenvalue weighted by Gasteiger charge is -2.38. The molecule has 1 atom stereocenters. The molecule has 0 aliphatic carbocycles. The predicted octanol–water partition coefficient (Wildman–Crippen LogP) is 5.73. The van der Waals surface area contributed by atoms with Gasteiger partial charge in [-0.15, -0.1) is 11.3 Å². The number of thiophene rings is 1. The first-order chi connectivity index (χ1) is 15.3. The van der Waals surface area contributed by atoms with Gasteiger partial charge in [0.25, 0.3) is 5.91 Å². The van der Waals surface area contributed by atoms with Crippen molar-refractivity contribution in [2.24, 2.45) is 0 Å². The highest BCUT2D eigenvalue weighted by atomic mass is 35.5. The maximum Gasteiger partial charge on any atom is 0.254 e. The molecule has 2 aromatic carbocycles. The maximum atomic E-state index is 13.6. The molecule has 6 heteroatoms. The third kappa shape index (κ3) is 4.59. The Morgan fingerprint density at radius 3 is 2.44 bits per heavy atom. The summed E-state index contributed by atoms with van der Waals surface area (Å²) in [6.07, 6.45) is 0.830. The van der Waals surface area contributed by atoms with E-state index in [1.54, 1.807) is 16.2 Å². The van der Waals surface area contributed by atoms with Crippen LogP contribution in [0.1, 0.15) is 51.8 Å². The van der Waals surface area contributed by atoms with Gasteiger partial charge in [0.05, 0.1) is 6.04 Å². The van der Waals surface area contributed by atoms with Crippen molar-refractivity contribution in [1.29, 1.82) is 0 Å². The van der Waals surface area contributed by atoms with E-state index in [2.05, 4.69) is 11.4 Å². The van der Waals surface area contributed by atoms with Gasteiger partial charge in [0.2, 0.25) is 5.91 Å². The Balaban J connectivity index is 1.61. The van der Waals surface area contributed by atoms with E-state index in [1.807, 2.05) is 74.2 Å². The highest BCUT2D eigenvalue weighted by Gasteiger charge is 2.34. The first-order valence-corrected chi connectivity index (χ1v) is 12.1. The van der Waals surface area contributed by atoms with Gasteiger partial charge in [-0.3, -0.25) is 9.59 Å². The molecule has 0 N–H and O–H groups in total. The number of halogens is 1. The molecule has 4 rings (SSSR count). The lowest BCUT2D eigenvalue weighted by Crippen LogP contribution is -2.48. The topological polar surface area (TPSA) is 40.6 Å². The maximum absolute atomic E-state index is 13.6. The summed E-state index contributed by atoms with van der Waals surface area (Å²) in [5, 5.41) is 2.76. The van der Waals surface area contributed by atoms with Crippen LogP contribution >= 0.6 is 22.9 Å². The number of hydrogen-bond acceptors (Lipinski definition) is 3. The van der Waals surface area contributed by atoms with Crippen LogP contribution in [0.5, 0.6) is 0 Å². The molecule has 166 valence electrons. The average molecular weight is 467 g/mol. The van der Waals surface area contributed by atoms with Gasteiger partial charge < -0.3 is 9.80 Å². The second kappa shape index (κ2) is 9.47. The molecule has 2 amide bonds. The molecule has 0 saturated heterocycles. The predicted molar refractivity (Wildman–Crippen MR) is 130 cm³/mol. The minimum Gasteiger partial charge on any atom is -0.330 e. The third-order valence-electron chi connectivity index (χ3n) is 5.96. The number of hydrogen-bond donors (Lipinski definition) is 0. The lowest BCUT2D eigenvalue weighted by atomic mass is 9.93. The Kier molecular flexibility index (Phi) is 6.68. The minimum atomic E-state index is -0.168. The summed E-state index contributed by atoms with van der Waals surface area (Å²) in [6, 6.07) is 17.0. The molecule has 32 heavy (non-hydrogen) atoms. The van der Waals surface area contributed by atoms with Crippen LogP contribution in [0.25, 0.3) is 0 Å². The van der Waals surface area contributed by atoms with Crippen LogP contribution in [0, 0.1) is 6.92 Å².